The molecule has 0 saturated carbocycles. The first-order valence-corrected chi connectivity index (χ1v) is 7.94. The number of nitrogens with one attached hydrogen (secondary N) is 1. The topological polar surface area (TPSA) is 15.8 Å². The van der Waals surface area contributed by atoms with Crippen LogP contribution in [0.3, 0.4) is 0 Å². The number of H-pyrrole nitrogens is 1. The highest BCUT2D eigenvalue weighted by atomic mass is 14.7. The van der Waals surface area contributed by atoms with Gasteiger partial charge in [-0.25, -0.2) is 0 Å². The first-order chi connectivity index (χ1) is 9.35. The summed E-state index contributed by atoms with van der Waals surface area (Å²) in [6.45, 7) is 4.64. The van der Waals surface area contributed by atoms with Crippen LogP contribution in [0, 0.1) is 5.92 Å². The quantitative estimate of drug-likeness (QED) is 0.751. The second kappa shape index (κ2) is 5.40. The molecule has 0 spiro atoms. The molecule has 19 heavy (non-hydrogen) atoms. The van der Waals surface area contributed by atoms with Gasteiger partial charge in [-0.1, -0.05) is 51.3 Å². The minimum atomic E-state index is 0.765. The molecule has 0 radical (unpaired) electrons. The lowest BCUT2D eigenvalue weighted by atomic mass is 9.74. The predicted molar refractivity (Wildman–Crippen MR) is 82.7 cm³/mol. The lowest BCUT2D eigenvalue weighted by Crippen LogP contribution is -2.20. The molecule has 1 aliphatic rings. The summed E-state index contributed by atoms with van der Waals surface area (Å²) in [5, 5.41) is 1.47. The third kappa shape index (κ3) is 2.20. The monoisotopic (exact) mass is 255 g/mol. The van der Waals surface area contributed by atoms with E-state index in [9.17, 15) is 0 Å². The van der Waals surface area contributed by atoms with Crippen molar-refractivity contribution in [2.75, 3.05) is 0 Å². The number of rotatable bonds is 4. The Bertz CT molecular complexity index is 552. The van der Waals surface area contributed by atoms with Crippen LogP contribution in [0.4, 0.5) is 0 Å². The van der Waals surface area contributed by atoms with E-state index in [2.05, 4.69) is 43.1 Å². The zero-order valence-electron chi connectivity index (χ0n) is 12.2. The molecule has 1 aromatic heterocycles. The molecule has 1 N–H and O–H groups in total. The number of aromatic amines is 1. The fraction of sp³-hybridized carbons (Fsp3) is 0.556. The highest BCUT2D eigenvalue weighted by Crippen LogP contribution is 2.43. The second-order valence-corrected chi connectivity index (χ2v) is 6.05. The molecule has 1 heteroatoms. The van der Waals surface area contributed by atoms with Gasteiger partial charge in [0, 0.05) is 22.5 Å². The van der Waals surface area contributed by atoms with E-state index in [1.54, 1.807) is 11.3 Å². The standard InChI is InChI=1S/C18H25N/c1-3-7-13-11-12-16-15-9-5-6-10-17(15)19-18(16)14(13)8-4-2/h5-6,9-10,13-14,19H,3-4,7-8,11-12H2,1-2H3. The summed E-state index contributed by atoms with van der Waals surface area (Å²) in [5.74, 6) is 1.66. The van der Waals surface area contributed by atoms with E-state index in [1.807, 2.05) is 0 Å². The molecule has 1 aliphatic carbocycles. The van der Waals surface area contributed by atoms with Gasteiger partial charge in [0.1, 0.15) is 0 Å². The Labute approximate surface area is 116 Å². The Morgan fingerprint density at radius 3 is 2.68 bits per heavy atom. The molecule has 0 bridgehead atoms. The van der Waals surface area contributed by atoms with E-state index in [1.165, 1.54) is 49.4 Å². The summed E-state index contributed by atoms with van der Waals surface area (Å²) in [4.78, 5) is 3.74. The third-order valence-corrected chi connectivity index (χ3v) is 4.81. The number of aryl methyl sites for hydroxylation is 1. The van der Waals surface area contributed by atoms with Crippen LogP contribution in [0.1, 0.15) is 63.1 Å². The van der Waals surface area contributed by atoms with Gasteiger partial charge in [-0.3, -0.25) is 0 Å². The van der Waals surface area contributed by atoms with Crippen molar-refractivity contribution in [2.45, 2.75) is 58.3 Å². The molecule has 3 rings (SSSR count). The van der Waals surface area contributed by atoms with Crippen molar-refractivity contribution in [1.29, 1.82) is 0 Å². The van der Waals surface area contributed by atoms with Crippen LogP contribution in [0.25, 0.3) is 10.9 Å². The summed E-state index contributed by atoms with van der Waals surface area (Å²) in [6, 6.07) is 8.82. The molecule has 1 nitrogen and oxygen atoms in total. The lowest BCUT2D eigenvalue weighted by molar-refractivity contribution is 0.325. The van der Waals surface area contributed by atoms with Crippen molar-refractivity contribution >= 4 is 10.9 Å². The molecule has 1 aromatic carbocycles. The van der Waals surface area contributed by atoms with Crippen molar-refractivity contribution in [1.82, 2.24) is 4.98 Å². The molecule has 0 amide bonds. The van der Waals surface area contributed by atoms with E-state index < -0.39 is 0 Å². The molecule has 0 fully saturated rings. The molecule has 102 valence electrons. The van der Waals surface area contributed by atoms with Crippen molar-refractivity contribution in [3.8, 4) is 0 Å². The van der Waals surface area contributed by atoms with Gasteiger partial charge in [-0.05, 0) is 36.8 Å². The molecule has 1 heterocycles. The first-order valence-electron chi connectivity index (χ1n) is 7.94. The van der Waals surface area contributed by atoms with Crippen LogP contribution in [-0.4, -0.2) is 4.98 Å². The number of aromatic nitrogens is 1. The van der Waals surface area contributed by atoms with Crippen LogP contribution < -0.4 is 0 Å². The number of benzene rings is 1. The number of para-hydroxylation sites is 1. The summed E-state index contributed by atoms with van der Waals surface area (Å²) in [7, 11) is 0. The lowest BCUT2D eigenvalue weighted by Gasteiger charge is -2.31. The smallest absolute Gasteiger partial charge is 0.0459 e. The van der Waals surface area contributed by atoms with Crippen molar-refractivity contribution in [3.63, 3.8) is 0 Å². The average Bonchev–Trinajstić information content (AvgIpc) is 2.81. The fourth-order valence-electron chi connectivity index (χ4n) is 3.98. The minimum absolute atomic E-state index is 0.765. The van der Waals surface area contributed by atoms with Gasteiger partial charge in [0.15, 0.2) is 0 Å². The normalized spacial score (nSPS) is 22.6. The minimum Gasteiger partial charge on any atom is -0.358 e. The van der Waals surface area contributed by atoms with Crippen LogP contribution in [0.2, 0.25) is 0 Å². The molecule has 2 aromatic rings. The average molecular weight is 255 g/mol. The van der Waals surface area contributed by atoms with Crippen molar-refractivity contribution in [3.05, 3.63) is 35.5 Å². The van der Waals surface area contributed by atoms with Crippen LogP contribution in [0.5, 0.6) is 0 Å². The number of fused-ring (bicyclic) bond motifs is 3. The predicted octanol–water partition coefficient (Wildman–Crippen LogP) is 5.41. The zero-order chi connectivity index (χ0) is 13.2. The SMILES string of the molecule is CCCC1CCc2c([nH]c3ccccc23)C1CCC. The van der Waals surface area contributed by atoms with E-state index >= 15 is 0 Å². The van der Waals surface area contributed by atoms with Crippen molar-refractivity contribution in [2.24, 2.45) is 5.92 Å². The van der Waals surface area contributed by atoms with Gasteiger partial charge in [0.25, 0.3) is 0 Å². The Morgan fingerprint density at radius 2 is 1.89 bits per heavy atom. The first kappa shape index (κ1) is 12.8. The molecule has 0 aliphatic heterocycles. The maximum atomic E-state index is 3.74. The summed E-state index contributed by atoms with van der Waals surface area (Å²) in [6.07, 6.45) is 7.99. The molecule has 2 atom stereocenters. The van der Waals surface area contributed by atoms with E-state index in [0.29, 0.717) is 0 Å². The Morgan fingerprint density at radius 1 is 1.11 bits per heavy atom. The maximum absolute atomic E-state index is 3.74. The van der Waals surface area contributed by atoms with Gasteiger partial charge in [0.2, 0.25) is 0 Å². The highest BCUT2D eigenvalue weighted by Gasteiger charge is 2.30. The second-order valence-electron chi connectivity index (χ2n) is 6.05. The summed E-state index contributed by atoms with van der Waals surface area (Å²) in [5.41, 5.74) is 4.51. The maximum Gasteiger partial charge on any atom is 0.0459 e. The largest absolute Gasteiger partial charge is 0.358 e. The highest BCUT2D eigenvalue weighted by molar-refractivity contribution is 5.85. The van der Waals surface area contributed by atoms with Gasteiger partial charge in [-0.15, -0.1) is 0 Å². The summed E-state index contributed by atoms with van der Waals surface area (Å²) >= 11 is 0. The van der Waals surface area contributed by atoms with Gasteiger partial charge < -0.3 is 4.98 Å². The summed E-state index contributed by atoms with van der Waals surface area (Å²) < 4.78 is 0. The van der Waals surface area contributed by atoms with Crippen molar-refractivity contribution < 1.29 is 0 Å². The van der Waals surface area contributed by atoms with Crippen LogP contribution in [0.15, 0.2) is 24.3 Å². The molecule has 0 saturated heterocycles. The Hall–Kier alpha value is -1.24. The van der Waals surface area contributed by atoms with E-state index in [4.69, 9.17) is 0 Å². The Kier molecular flexibility index (Phi) is 3.63. The zero-order valence-corrected chi connectivity index (χ0v) is 12.2. The van der Waals surface area contributed by atoms with E-state index in [0.717, 1.165) is 11.8 Å². The van der Waals surface area contributed by atoms with Gasteiger partial charge in [-0.2, -0.15) is 0 Å². The molecular formula is C18H25N. The number of hydrogen-bond donors (Lipinski definition) is 1. The van der Waals surface area contributed by atoms with E-state index in [-0.39, 0.29) is 0 Å². The molecule has 2 unspecified atom stereocenters. The van der Waals surface area contributed by atoms with Crippen LogP contribution in [-0.2, 0) is 6.42 Å². The Balaban J connectivity index is 2.04. The van der Waals surface area contributed by atoms with Crippen LogP contribution >= 0.6 is 0 Å². The third-order valence-electron chi connectivity index (χ3n) is 4.81. The van der Waals surface area contributed by atoms with Gasteiger partial charge in [0.05, 0.1) is 0 Å². The fourth-order valence-corrected chi connectivity index (χ4v) is 3.98. The molecular weight excluding hydrogens is 230 g/mol. The van der Waals surface area contributed by atoms with Gasteiger partial charge >= 0.3 is 0 Å². The number of hydrogen-bond acceptors (Lipinski definition) is 0.